The van der Waals surface area contributed by atoms with Gasteiger partial charge in [-0.15, -0.1) is 0 Å². The number of hydrogen-bond acceptors (Lipinski definition) is 6. The van der Waals surface area contributed by atoms with Crippen molar-refractivity contribution in [3.8, 4) is 0 Å². The number of rotatable bonds is 3. The monoisotopic (exact) mass is 368 g/mol. The summed E-state index contributed by atoms with van der Waals surface area (Å²) >= 11 is 3.23. The second kappa shape index (κ2) is 7.33. The van der Waals surface area contributed by atoms with E-state index >= 15 is 0 Å². The van der Waals surface area contributed by atoms with Gasteiger partial charge in [-0.1, -0.05) is 11.8 Å². The van der Waals surface area contributed by atoms with Crippen LogP contribution in [-0.4, -0.2) is 40.9 Å². The standard InChI is InChI=1S/C16H21FN4OS2/c1-16(4-6-24-15(18)21-16)11-8-10(2-3-12(11)17)20-14(22)13-9-23-7-5-19-13/h2-3,8,13,19H,4-7,9H2,1H3,(H2,18,21)(H,20,22). The lowest BCUT2D eigenvalue weighted by atomic mass is 9.89. The van der Waals surface area contributed by atoms with Gasteiger partial charge in [0.25, 0.3) is 0 Å². The number of thioether (sulfide) groups is 2. The van der Waals surface area contributed by atoms with Crippen molar-refractivity contribution in [2.75, 3.05) is 29.1 Å². The Morgan fingerprint density at radius 3 is 3.04 bits per heavy atom. The Morgan fingerprint density at radius 2 is 2.33 bits per heavy atom. The smallest absolute Gasteiger partial charge is 0.242 e. The number of hydrogen-bond donors (Lipinski definition) is 3. The Bertz CT molecular complexity index is 663. The first-order valence-electron chi connectivity index (χ1n) is 7.88. The van der Waals surface area contributed by atoms with E-state index in [1.54, 1.807) is 23.9 Å². The lowest BCUT2D eigenvalue weighted by Gasteiger charge is -2.30. The summed E-state index contributed by atoms with van der Waals surface area (Å²) in [7, 11) is 0. The van der Waals surface area contributed by atoms with Crippen LogP contribution in [0.4, 0.5) is 10.1 Å². The molecule has 0 aliphatic carbocycles. The molecule has 1 fully saturated rings. The maximum atomic E-state index is 14.4. The normalized spacial score (nSPS) is 27.4. The van der Waals surface area contributed by atoms with Gasteiger partial charge in [-0.05, 0) is 31.5 Å². The molecule has 2 aliphatic heterocycles. The molecule has 0 aromatic heterocycles. The van der Waals surface area contributed by atoms with E-state index in [9.17, 15) is 9.18 Å². The molecule has 0 bridgehead atoms. The zero-order valence-electron chi connectivity index (χ0n) is 13.5. The van der Waals surface area contributed by atoms with E-state index in [4.69, 9.17) is 5.73 Å². The number of aliphatic imine (C=N–C) groups is 1. The fourth-order valence-electron chi connectivity index (χ4n) is 2.86. The third-order valence-corrected chi connectivity index (χ3v) is 6.11. The van der Waals surface area contributed by atoms with Crippen LogP contribution in [0.1, 0.15) is 18.9 Å². The number of anilines is 1. The highest BCUT2D eigenvalue weighted by atomic mass is 32.2. The Balaban J connectivity index is 1.81. The maximum Gasteiger partial charge on any atom is 0.242 e. The summed E-state index contributed by atoms with van der Waals surface area (Å²) in [5, 5.41) is 6.55. The van der Waals surface area contributed by atoms with E-state index in [1.165, 1.54) is 17.8 Å². The Hall–Kier alpha value is -1.25. The second-order valence-corrected chi connectivity index (χ2v) is 8.35. The number of benzene rings is 1. The highest BCUT2D eigenvalue weighted by Gasteiger charge is 2.32. The van der Waals surface area contributed by atoms with Crippen molar-refractivity contribution in [2.24, 2.45) is 10.7 Å². The zero-order chi connectivity index (χ0) is 17.2. The number of halogens is 1. The fourth-order valence-corrected chi connectivity index (χ4v) is 4.77. The van der Waals surface area contributed by atoms with Crippen molar-refractivity contribution in [1.29, 1.82) is 0 Å². The van der Waals surface area contributed by atoms with Crippen molar-refractivity contribution in [1.82, 2.24) is 5.32 Å². The van der Waals surface area contributed by atoms with Gasteiger partial charge in [0.15, 0.2) is 5.17 Å². The molecule has 2 aliphatic rings. The van der Waals surface area contributed by atoms with Crippen LogP contribution < -0.4 is 16.4 Å². The molecular weight excluding hydrogens is 347 g/mol. The van der Waals surface area contributed by atoms with Crippen LogP contribution in [0.3, 0.4) is 0 Å². The van der Waals surface area contributed by atoms with Gasteiger partial charge in [-0.25, -0.2) is 4.39 Å². The molecule has 24 heavy (non-hydrogen) atoms. The minimum atomic E-state index is -0.695. The zero-order valence-corrected chi connectivity index (χ0v) is 15.1. The summed E-state index contributed by atoms with van der Waals surface area (Å²) in [4.78, 5) is 16.8. The number of amides is 1. The number of nitrogens with zero attached hydrogens (tertiary/aromatic N) is 1. The molecule has 130 valence electrons. The second-order valence-electron chi connectivity index (χ2n) is 6.09. The average molecular weight is 369 g/mol. The number of nitrogens with one attached hydrogen (secondary N) is 2. The molecule has 1 amide bonds. The first kappa shape index (κ1) is 17.6. The summed E-state index contributed by atoms with van der Waals surface area (Å²) < 4.78 is 14.4. The molecule has 4 N–H and O–H groups in total. The molecule has 0 spiro atoms. The van der Waals surface area contributed by atoms with Gasteiger partial charge in [-0.3, -0.25) is 9.79 Å². The van der Waals surface area contributed by atoms with Crippen LogP contribution in [-0.2, 0) is 10.3 Å². The lowest BCUT2D eigenvalue weighted by molar-refractivity contribution is -0.117. The van der Waals surface area contributed by atoms with Gasteiger partial charge in [0.2, 0.25) is 5.91 Å². The summed E-state index contributed by atoms with van der Waals surface area (Å²) in [6.07, 6.45) is 0.702. The van der Waals surface area contributed by atoms with E-state index in [-0.39, 0.29) is 17.8 Å². The summed E-state index contributed by atoms with van der Waals surface area (Å²) in [6.45, 7) is 2.70. The van der Waals surface area contributed by atoms with Gasteiger partial charge in [0.05, 0.1) is 11.6 Å². The minimum Gasteiger partial charge on any atom is -0.379 e. The minimum absolute atomic E-state index is 0.0906. The number of nitrogens with two attached hydrogens (primary N) is 1. The van der Waals surface area contributed by atoms with E-state index in [0.29, 0.717) is 22.8 Å². The van der Waals surface area contributed by atoms with Crippen molar-refractivity contribution >= 4 is 40.3 Å². The molecule has 1 aromatic carbocycles. The SMILES string of the molecule is CC1(c2cc(NC(=O)C3CSCCN3)ccc2F)CCSC(N)=N1. The van der Waals surface area contributed by atoms with E-state index in [2.05, 4.69) is 15.6 Å². The van der Waals surface area contributed by atoms with Gasteiger partial charge in [0.1, 0.15) is 5.82 Å². The molecule has 2 atom stereocenters. The summed E-state index contributed by atoms with van der Waals surface area (Å²) in [5.41, 5.74) is 6.18. The quantitative estimate of drug-likeness (QED) is 0.762. The largest absolute Gasteiger partial charge is 0.379 e. The molecule has 5 nitrogen and oxygen atoms in total. The molecular formula is C16H21FN4OS2. The molecule has 1 aromatic rings. The number of carbonyl (C=O) groups excluding carboxylic acids is 1. The average Bonchev–Trinajstić information content (AvgIpc) is 2.57. The predicted octanol–water partition coefficient (Wildman–Crippen LogP) is 2.14. The highest BCUT2D eigenvalue weighted by Crippen LogP contribution is 2.37. The van der Waals surface area contributed by atoms with Crippen LogP contribution in [0.2, 0.25) is 0 Å². The van der Waals surface area contributed by atoms with Crippen LogP contribution in [0.15, 0.2) is 23.2 Å². The van der Waals surface area contributed by atoms with Gasteiger partial charge < -0.3 is 16.4 Å². The molecule has 1 saturated heterocycles. The van der Waals surface area contributed by atoms with Gasteiger partial charge >= 0.3 is 0 Å². The number of amidine groups is 1. The fraction of sp³-hybridized carbons (Fsp3) is 0.500. The molecule has 8 heteroatoms. The first-order valence-corrected chi connectivity index (χ1v) is 10.0. The third kappa shape index (κ3) is 3.87. The highest BCUT2D eigenvalue weighted by molar-refractivity contribution is 8.13. The van der Waals surface area contributed by atoms with E-state index in [1.807, 2.05) is 6.92 Å². The third-order valence-electron chi connectivity index (χ3n) is 4.25. The van der Waals surface area contributed by atoms with Crippen molar-refractivity contribution in [3.05, 3.63) is 29.6 Å². The van der Waals surface area contributed by atoms with Crippen molar-refractivity contribution < 1.29 is 9.18 Å². The predicted molar refractivity (Wildman–Crippen MR) is 100 cm³/mol. The van der Waals surface area contributed by atoms with Gasteiger partial charge in [0, 0.05) is 35.1 Å². The lowest BCUT2D eigenvalue weighted by Crippen LogP contribution is -2.46. The Labute approximate surface area is 149 Å². The van der Waals surface area contributed by atoms with Crippen molar-refractivity contribution in [2.45, 2.75) is 24.9 Å². The Morgan fingerprint density at radius 1 is 1.50 bits per heavy atom. The van der Waals surface area contributed by atoms with Crippen LogP contribution >= 0.6 is 23.5 Å². The van der Waals surface area contributed by atoms with Crippen LogP contribution in [0, 0.1) is 5.82 Å². The molecule has 2 unspecified atom stereocenters. The van der Waals surface area contributed by atoms with E-state index in [0.717, 1.165) is 23.8 Å². The first-order chi connectivity index (χ1) is 11.5. The van der Waals surface area contributed by atoms with E-state index < -0.39 is 5.54 Å². The molecule has 0 saturated carbocycles. The summed E-state index contributed by atoms with van der Waals surface area (Å²) in [5.74, 6) is 2.14. The van der Waals surface area contributed by atoms with Gasteiger partial charge in [-0.2, -0.15) is 11.8 Å². The van der Waals surface area contributed by atoms with Crippen molar-refractivity contribution in [3.63, 3.8) is 0 Å². The number of carbonyl (C=O) groups is 1. The molecule has 3 rings (SSSR count). The Kier molecular flexibility index (Phi) is 5.36. The molecule has 2 heterocycles. The summed E-state index contributed by atoms with van der Waals surface area (Å²) in [6, 6.07) is 4.43. The van der Waals surface area contributed by atoms with Crippen LogP contribution in [0.25, 0.3) is 0 Å². The topological polar surface area (TPSA) is 79.5 Å². The van der Waals surface area contributed by atoms with Crippen LogP contribution in [0.5, 0.6) is 0 Å². The molecule has 0 radical (unpaired) electrons. The maximum absolute atomic E-state index is 14.4.